The highest BCUT2D eigenvalue weighted by atomic mass is 35.5. The monoisotopic (exact) mass is 184 g/mol. The molecule has 0 radical (unpaired) electrons. The van der Waals surface area contributed by atoms with Crippen molar-refractivity contribution in [3.63, 3.8) is 0 Å². The minimum absolute atomic E-state index is 0.751. The molecule has 1 aromatic heterocycles. The molecule has 4 heteroatoms. The highest BCUT2D eigenvalue weighted by molar-refractivity contribution is 7.00. The Balaban J connectivity index is 2.38. The van der Waals surface area contributed by atoms with Crippen molar-refractivity contribution in [1.82, 2.24) is 8.75 Å². The van der Waals surface area contributed by atoms with Gasteiger partial charge in [0.25, 0.3) is 0 Å². The molecule has 0 saturated carbocycles. The lowest BCUT2D eigenvalue weighted by atomic mass is 10.2. The number of rotatable bonds is 1. The number of aromatic nitrogens is 2. The zero-order valence-electron chi connectivity index (χ0n) is 5.54. The molecule has 0 aliphatic carbocycles. The van der Waals surface area contributed by atoms with Crippen LogP contribution in [0.4, 0.5) is 0 Å². The highest BCUT2D eigenvalue weighted by Gasteiger charge is 2.00. The third-order valence-electron chi connectivity index (χ3n) is 1.40. The van der Waals surface area contributed by atoms with Crippen LogP contribution in [0.5, 0.6) is 0 Å². The van der Waals surface area contributed by atoms with Crippen molar-refractivity contribution < 1.29 is 0 Å². The van der Waals surface area contributed by atoms with Crippen LogP contribution in [0, 0.1) is 0 Å². The second-order valence-corrected chi connectivity index (χ2v) is 3.15. The maximum Gasteiger partial charge on any atom is 0.161 e. The Kier molecular flexibility index (Phi) is 1.68. The molecule has 0 aliphatic heterocycles. The van der Waals surface area contributed by atoms with E-state index in [1.165, 1.54) is 11.7 Å². The van der Waals surface area contributed by atoms with E-state index in [0.29, 0.717) is 0 Å². The zero-order valence-corrected chi connectivity index (χ0v) is 7.12. The molecule has 2 nitrogen and oxygen atoms in total. The lowest BCUT2D eigenvalue weighted by Crippen LogP contribution is -1.86. The summed E-state index contributed by atoms with van der Waals surface area (Å²) >= 11 is 7.06. The van der Waals surface area contributed by atoms with Gasteiger partial charge in [-0.05, 0) is 24.3 Å². The molecular weight excluding hydrogens is 180 g/mol. The molecule has 0 aliphatic rings. The predicted molar refractivity (Wildman–Crippen MR) is 46.9 cm³/mol. The van der Waals surface area contributed by atoms with E-state index in [2.05, 4.69) is 8.75 Å². The molecule has 0 bridgehead atoms. The Morgan fingerprint density at radius 1 is 1.27 bits per heavy atom. The Hall–Kier alpha value is -0.800. The van der Waals surface area contributed by atoms with E-state index < -0.39 is 0 Å². The molecule has 56 valence electrons. The van der Waals surface area contributed by atoms with Gasteiger partial charge in [0.15, 0.2) is 5.82 Å². The average Bonchev–Trinajstić information content (AvgIpc) is 1.90. The van der Waals surface area contributed by atoms with Crippen LogP contribution in [0.25, 0.3) is 11.4 Å². The highest BCUT2D eigenvalue weighted by Crippen LogP contribution is 2.19. The van der Waals surface area contributed by atoms with Gasteiger partial charge in [0.05, 0.1) is 0 Å². The maximum absolute atomic E-state index is 5.71. The second-order valence-electron chi connectivity index (χ2n) is 2.14. The van der Waals surface area contributed by atoms with E-state index in [4.69, 9.17) is 11.6 Å². The first-order chi connectivity index (χ1) is 5.36. The van der Waals surface area contributed by atoms with Gasteiger partial charge in [-0.1, -0.05) is 11.6 Å². The number of benzene rings is 1. The molecule has 0 spiro atoms. The van der Waals surface area contributed by atoms with Gasteiger partial charge >= 0.3 is 0 Å². The molecule has 0 unspecified atom stereocenters. The maximum atomic E-state index is 5.71. The first-order valence-electron chi connectivity index (χ1n) is 3.12. The lowest BCUT2D eigenvalue weighted by molar-refractivity contribution is 1.30. The van der Waals surface area contributed by atoms with Crippen molar-refractivity contribution >= 4 is 23.3 Å². The summed E-state index contributed by atoms with van der Waals surface area (Å²) in [7, 11) is 0. The van der Waals surface area contributed by atoms with Gasteiger partial charge in [0, 0.05) is 22.3 Å². The molecule has 0 saturated heterocycles. The third kappa shape index (κ3) is 1.29. The molecule has 0 atom stereocenters. The Bertz CT molecular complexity index is 326. The number of H-pyrrole nitrogens is 1. The number of hydrogen-bond donors (Lipinski definition) is 1. The Morgan fingerprint density at radius 3 is 2.36 bits per heavy atom. The third-order valence-corrected chi connectivity index (χ3v) is 2.21. The van der Waals surface area contributed by atoms with Crippen LogP contribution in [0.3, 0.4) is 0 Å². The molecule has 1 N–H and O–H groups in total. The summed E-state index contributed by atoms with van der Waals surface area (Å²) in [4.78, 5) is 0. The fraction of sp³-hybridized carbons (Fsp3) is 0. The number of aromatic amines is 1. The van der Waals surface area contributed by atoms with Crippen molar-refractivity contribution in [3.05, 3.63) is 29.3 Å². The van der Waals surface area contributed by atoms with Crippen LogP contribution in [-0.4, -0.2) is 8.75 Å². The smallest absolute Gasteiger partial charge is 0.161 e. The number of halogens is 1. The molecule has 1 aromatic carbocycles. The van der Waals surface area contributed by atoms with Crippen LogP contribution in [0.1, 0.15) is 0 Å². The fourth-order valence-corrected chi connectivity index (χ4v) is 1.34. The summed E-state index contributed by atoms with van der Waals surface area (Å²) in [6, 6.07) is 7.58. The topological polar surface area (TPSA) is 28.7 Å². The summed E-state index contributed by atoms with van der Waals surface area (Å²) in [5, 5.41) is 0.751. The zero-order chi connectivity index (χ0) is 7.68. The predicted octanol–water partition coefficient (Wildman–Crippen LogP) is 2.79. The van der Waals surface area contributed by atoms with Gasteiger partial charge in [-0.2, -0.15) is 4.37 Å². The van der Waals surface area contributed by atoms with E-state index in [9.17, 15) is 0 Å². The summed E-state index contributed by atoms with van der Waals surface area (Å²) in [6.07, 6.45) is 0. The number of nitrogens with one attached hydrogen (secondary N) is 1. The van der Waals surface area contributed by atoms with Crippen LogP contribution in [0.2, 0.25) is 5.02 Å². The fourth-order valence-electron chi connectivity index (χ4n) is 0.811. The summed E-state index contributed by atoms with van der Waals surface area (Å²) in [5.74, 6) is 0.923. The van der Waals surface area contributed by atoms with Gasteiger partial charge in [-0.25, -0.2) is 0 Å². The van der Waals surface area contributed by atoms with E-state index in [-0.39, 0.29) is 0 Å². The van der Waals surface area contributed by atoms with Crippen molar-refractivity contribution in [1.29, 1.82) is 0 Å². The second kappa shape index (κ2) is 2.68. The Morgan fingerprint density at radius 2 is 1.91 bits per heavy atom. The molecule has 0 fully saturated rings. The number of nitrogens with zero attached hydrogens (tertiary/aromatic N) is 1. The van der Waals surface area contributed by atoms with E-state index >= 15 is 0 Å². The molecule has 2 rings (SSSR count). The number of hydrogen-bond acceptors (Lipinski definition) is 2. The van der Waals surface area contributed by atoms with Crippen molar-refractivity contribution in [2.45, 2.75) is 0 Å². The molecule has 2 aromatic rings. The summed E-state index contributed by atoms with van der Waals surface area (Å²) < 4.78 is 7.05. The first kappa shape index (κ1) is 6.88. The van der Waals surface area contributed by atoms with Crippen molar-refractivity contribution in [2.75, 3.05) is 0 Å². The molecule has 0 amide bonds. The minimum atomic E-state index is 0.751. The van der Waals surface area contributed by atoms with Crippen LogP contribution in [-0.2, 0) is 0 Å². The molecule has 11 heavy (non-hydrogen) atoms. The van der Waals surface area contributed by atoms with E-state index in [1.807, 2.05) is 24.3 Å². The van der Waals surface area contributed by atoms with Crippen molar-refractivity contribution in [2.24, 2.45) is 0 Å². The summed E-state index contributed by atoms with van der Waals surface area (Å²) in [6.45, 7) is 0. The average molecular weight is 185 g/mol. The van der Waals surface area contributed by atoms with E-state index in [0.717, 1.165) is 16.4 Å². The van der Waals surface area contributed by atoms with Gasteiger partial charge in [-0.3, -0.25) is 4.37 Å². The molecule has 1 heterocycles. The Labute approximate surface area is 73.1 Å². The van der Waals surface area contributed by atoms with Crippen molar-refractivity contribution in [3.8, 4) is 11.4 Å². The van der Waals surface area contributed by atoms with Crippen LogP contribution >= 0.6 is 23.3 Å². The quantitative estimate of drug-likeness (QED) is 0.726. The van der Waals surface area contributed by atoms with Gasteiger partial charge in [-0.15, -0.1) is 0 Å². The SMILES string of the molecule is Clc1ccc(-c2ns[nH]2)cc1. The standard InChI is InChI=1S/C7H5ClN2S/c8-6-3-1-5(2-4-6)7-9-11-10-7/h1-4H,(H,9,10). The van der Waals surface area contributed by atoms with Crippen LogP contribution < -0.4 is 0 Å². The summed E-state index contributed by atoms with van der Waals surface area (Å²) in [5.41, 5.74) is 1.08. The van der Waals surface area contributed by atoms with E-state index in [1.54, 1.807) is 0 Å². The minimum Gasteiger partial charge on any atom is -0.278 e. The largest absolute Gasteiger partial charge is 0.278 e. The molecular formula is C7H5ClN2S. The van der Waals surface area contributed by atoms with Gasteiger partial charge in [0.1, 0.15) is 0 Å². The lowest BCUT2D eigenvalue weighted by Gasteiger charge is -2.00. The first-order valence-corrected chi connectivity index (χ1v) is 4.27. The van der Waals surface area contributed by atoms with Gasteiger partial charge in [0.2, 0.25) is 0 Å². The normalized spacial score (nSPS) is 10.3. The van der Waals surface area contributed by atoms with Gasteiger partial charge < -0.3 is 0 Å². The van der Waals surface area contributed by atoms with Crippen LogP contribution in [0.15, 0.2) is 24.3 Å².